The van der Waals surface area contributed by atoms with Crippen LogP contribution in [0, 0.1) is 5.41 Å². The van der Waals surface area contributed by atoms with Gasteiger partial charge in [0, 0.05) is 5.54 Å². The molecule has 5 N–H and O–H groups in total. The molecule has 0 heterocycles. The van der Waals surface area contributed by atoms with Gasteiger partial charge in [-0.1, -0.05) is 0 Å². The van der Waals surface area contributed by atoms with Crippen LogP contribution >= 0.6 is 0 Å². The van der Waals surface area contributed by atoms with Gasteiger partial charge in [-0.15, -0.1) is 0 Å². The first kappa shape index (κ1) is 10.4. The van der Waals surface area contributed by atoms with Crippen molar-refractivity contribution in [1.82, 2.24) is 5.43 Å². The van der Waals surface area contributed by atoms with Crippen molar-refractivity contribution in [3.8, 4) is 0 Å². The van der Waals surface area contributed by atoms with Gasteiger partial charge in [-0.3, -0.25) is 16.1 Å². The number of nitrogens with one attached hydrogen (secondary N) is 1. The van der Waals surface area contributed by atoms with Crippen LogP contribution in [-0.4, -0.2) is 11.4 Å². The minimum Gasteiger partial charge on any atom is -0.369 e. The van der Waals surface area contributed by atoms with E-state index in [0.29, 0.717) is 0 Å². The Morgan fingerprint density at radius 2 is 1.64 bits per heavy atom. The van der Waals surface area contributed by atoms with E-state index in [9.17, 15) is 4.79 Å². The van der Waals surface area contributed by atoms with Gasteiger partial charge in [0.2, 0.25) is 5.91 Å². The summed E-state index contributed by atoms with van der Waals surface area (Å²) >= 11 is 0. The molecular weight excluding hydrogens is 142 g/mol. The van der Waals surface area contributed by atoms with E-state index in [1.54, 1.807) is 13.8 Å². The second-order valence-electron chi connectivity index (χ2n) is 3.76. The van der Waals surface area contributed by atoms with E-state index in [0.717, 1.165) is 0 Å². The average Bonchev–Trinajstić information content (AvgIpc) is 1.87. The maximum Gasteiger partial charge on any atom is 0.224 e. The summed E-state index contributed by atoms with van der Waals surface area (Å²) in [7, 11) is 0. The zero-order chi connectivity index (χ0) is 9.28. The van der Waals surface area contributed by atoms with Gasteiger partial charge in [0.05, 0.1) is 5.41 Å². The first-order valence-corrected chi connectivity index (χ1v) is 3.53. The molecule has 0 aliphatic heterocycles. The number of primary amides is 1. The molecule has 11 heavy (non-hydrogen) atoms. The fraction of sp³-hybridized carbons (Fsp3) is 0.857. The maximum atomic E-state index is 11.0. The largest absolute Gasteiger partial charge is 0.369 e. The van der Waals surface area contributed by atoms with Gasteiger partial charge >= 0.3 is 0 Å². The second-order valence-corrected chi connectivity index (χ2v) is 3.76. The topological polar surface area (TPSA) is 81.1 Å². The molecule has 0 saturated heterocycles. The van der Waals surface area contributed by atoms with E-state index in [2.05, 4.69) is 5.43 Å². The summed E-state index contributed by atoms with van der Waals surface area (Å²) in [6, 6.07) is 0. The highest BCUT2D eigenvalue weighted by Gasteiger charge is 2.40. The van der Waals surface area contributed by atoms with Gasteiger partial charge in [-0.2, -0.15) is 0 Å². The Morgan fingerprint density at radius 3 is 1.73 bits per heavy atom. The van der Waals surface area contributed by atoms with Crippen molar-refractivity contribution in [2.45, 2.75) is 33.2 Å². The Morgan fingerprint density at radius 1 is 1.27 bits per heavy atom. The van der Waals surface area contributed by atoms with Crippen molar-refractivity contribution >= 4 is 5.91 Å². The lowest BCUT2D eigenvalue weighted by molar-refractivity contribution is -0.129. The quantitative estimate of drug-likeness (QED) is 0.392. The van der Waals surface area contributed by atoms with E-state index in [-0.39, 0.29) is 5.91 Å². The van der Waals surface area contributed by atoms with Crippen LogP contribution in [0.3, 0.4) is 0 Å². The van der Waals surface area contributed by atoms with E-state index < -0.39 is 11.0 Å². The van der Waals surface area contributed by atoms with Crippen molar-refractivity contribution in [3.05, 3.63) is 0 Å². The molecule has 0 spiro atoms. The van der Waals surface area contributed by atoms with Crippen LogP contribution in [0.5, 0.6) is 0 Å². The molecule has 0 atom stereocenters. The number of amides is 1. The van der Waals surface area contributed by atoms with Crippen molar-refractivity contribution in [2.24, 2.45) is 17.0 Å². The second kappa shape index (κ2) is 2.79. The van der Waals surface area contributed by atoms with Crippen LogP contribution in [0.15, 0.2) is 0 Å². The molecule has 0 rings (SSSR count). The first-order valence-electron chi connectivity index (χ1n) is 3.53. The third-order valence-electron chi connectivity index (χ3n) is 2.54. The average molecular weight is 159 g/mol. The summed E-state index contributed by atoms with van der Waals surface area (Å²) in [4.78, 5) is 11.0. The smallest absolute Gasteiger partial charge is 0.224 e. The van der Waals surface area contributed by atoms with Crippen LogP contribution in [0.4, 0.5) is 0 Å². The van der Waals surface area contributed by atoms with Crippen molar-refractivity contribution in [2.75, 3.05) is 0 Å². The zero-order valence-electron chi connectivity index (χ0n) is 7.56. The SMILES string of the molecule is CC(C)(NN)C(C)(C)C(N)=O. The lowest BCUT2D eigenvalue weighted by atomic mass is 9.74. The van der Waals surface area contributed by atoms with E-state index in [1.807, 2.05) is 13.8 Å². The molecule has 1 amide bonds. The molecule has 0 aromatic rings. The number of carbonyl (C=O) groups is 1. The van der Waals surface area contributed by atoms with Gasteiger partial charge in [-0.25, -0.2) is 0 Å². The standard InChI is InChI=1S/C7H17N3O/c1-6(2,5(8)11)7(3,4)10-9/h10H,9H2,1-4H3,(H2,8,11). The predicted octanol–water partition coefficient (Wildman–Crippen LogP) is -0.260. The fourth-order valence-electron chi connectivity index (χ4n) is 0.488. The normalized spacial score (nSPS) is 13.2. The zero-order valence-corrected chi connectivity index (χ0v) is 7.56. The molecule has 66 valence electrons. The highest BCUT2D eigenvalue weighted by atomic mass is 16.1. The van der Waals surface area contributed by atoms with Gasteiger partial charge in [0.25, 0.3) is 0 Å². The predicted molar refractivity (Wildman–Crippen MR) is 44.4 cm³/mol. The molecule has 4 nitrogen and oxygen atoms in total. The van der Waals surface area contributed by atoms with Crippen molar-refractivity contribution in [1.29, 1.82) is 0 Å². The molecular formula is C7H17N3O. The molecule has 0 aliphatic carbocycles. The molecule has 0 aromatic carbocycles. The van der Waals surface area contributed by atoms with Crippen LogP contribution in [0.2, 0.25) is 0 Å². The lowest BCUT2D eigenvalue weighted by Crippen LogP contribution is -2.59. The Labute approximate surface area is 67.3 Å². The minimum absolute atomic E-state index is 0.361. The highest BCUT2D eigenvalue weighted by molar-refractivity contribution is 5.81. The monoisotopic (exact) mass is 159 g/mol. The van der Waals surface area contributed by atoms with Crippen LogP contribution in [0.1, 0.15) is 27.7 Å². The van der Waals surface area contributed by atoms with Gasteiger partial charge < -0.3 is 5.73 Å². The summed E-state index contributed by atoms with van der Waals surface area (Å²) in [6.07, 6.45) is 0. The van der Waals surface area contributed by atoms with Crippen LogP contribution in [0.25, 0.3) is 0 Å². The molecule has 0 aromatic heterocycles. The summed E-state index contributed by atoms with van der Waals surface area (Å²) in [6.45, 7) is 7.18. The van der Waals surface area contributed by atoms with Crippen molar-refractivity contribution in [3.63, 3.8) is 0 Å². The van der Waals surface area contributed by atoms with Crippen molar-refractivity contribution < 1.29 is 4.79 Å². The number of carbonyl (C=O) groups excluding carboxylic acids is 1. The molecule has 0 bridgehead atoms. The minimum atomic E-state index is -0.651. The van der Waals surface area contributed by atoms with Gasteiger partial charge in [0.15, 0.2) is 0 Å². The Kier molecular flexibility index (Phi) is 2.64. The Balaban J connectivity index is 4.67. The number of hydrogen-bond donors (Lipinski definition) is 3. The molecule has 0 radical (unpaired) electrons. The summed E-state index contributed by atoms with van der Waals surface area (Å²) in [5.41, 5.74) is 6.62. The summed E-state index contributed by atoms with van der Waals surface area (Å²) in [5.74, 6) is 4.91. The summed E-state index contributed by atoms with van der Waals surface area (Å²) < 4.78 is 0. The van der Waals surface area contributed by atoms with Crippen LogP contribution < -0.4 is 17.0 Å². The summed E-state index contributed by atoms with van der Waals surface area (Å²) in [5, 5.41) is 0. The van der Waals surface area contributed by atoms with Gasteiger partial charge in [-0.05, 0) is 27.7 Å². The molecule has 0 fully saturated rings. The number of rotatable bonds is 3. The fourth-order valence-corrected chi connectivity index (χ4v) is 0.488. The van der Waals surface area contributed by atoms with E-state index in [1.165, 1.54) is 0 Å². The number of hydrogen-bond acceptors (Lipinski definition) is 3. The molecule has 4 heteroatoms. The Bertz CT molecular complexity index is 163. The molecule has 0 saturated carbocycles. The highest BCUT2D eigenvalue weighted by Crippen LogP contribution is 2.28. The van der Waals surface area contributed by atoms with Gasteiger partial charge in [0.1, 0.15) is 0 Å². The van der Waals surface area contributed by atoms with E-state index >= 15 is 0 Å². The maximum absolute atomic E-state index is 11.0. The van der Waals surface area contributed by atoms with E-state index in [4.69, 9.17) is 11.6 Å². The molecule has 0 unspecified atom stereocenters. The third kappa shape index (κ3) is 1.70. The Hall–Kier alpha value is -0.610. The first-order chi connectivity index (χ1) is 4.75. The number of hydrazine groups is 1. The molecule has 0 aliphatic rings. The van der Waals surface area contributed by atoms with Crippen LogP contribution in [-0.2, 0) is 4.79 Å². The third-order valence-corrected chi connectivity index (χ3v) is 2.54. The lowest BCUT2D eigenvalue weighted by Gasteiger charge is -2.38. The number of nitrogens with two attached hydrogens (primary N) is 2.